The van der Waals surface area contributed by atoms with Crippen molar-refractivity contribution in [1.82, 2.24) is 5.32 Å². The van der Waals surface area contributed by atoms with Crippen molar-refractivity contribution in [2.24, 2.45) is 0 Å². The molecule has 1 amide bonds. The number of hydrogen-bond acceptors (Lipinski definition) is 3. The number of nitrogens with one attached hydrogen (secondary N) is 1. The van der Waals surface area contributed by atoms with Crippen LogP contribution in [0.2, 0.25) is 0 Å². The number of ether oxygens (including phenoxy) is 1. The molecule has 5 heteroatoms. The lowest BCUT2D eigenvalue weighted by molar-refractivity contribution is -0.141. The molecule has 1 atom stereocenters. The lowest BCUT2D eigenvalue weighted by atomic mass is 10.1. The van der Waals surface area contributed by atoms with Gasteiger partial charge in [0, 0.05) is 13.3 Å². The molecule has 0 unspecified atom stereocenters. The first-order valence-corrected chi connectivity index (χ1v) is 5.74. The molecule has 0 spiro atoms. The Bertz CT molecular complexity index is 414. The summed E-state index contributed by atoms with van der Waals surface area (Å²) in [5.74, 6) is -0.653. The summed E-state index contributed by atoms with van der Waals surface area (Å²) in [6, 6.07) is 6.25. The minimum atomic E-state index is -1.04. The molecule has 1 aromatic carbocycles. The maximum atomic E-state index is 11.0. The molecule has 0 saturated heterocycles. The molecule has 1 rings (SSSR count). The minimum Gasteiger partial charge on any atom is -0.494 e. The van der Waals surface area contributed by atoms with Gasteiger partial charge in [0.2, 0.25) is 5.91 Å². The first kappa shape index (κ1) is 14.0. The lowest BCUT2D eigenvalue weighted by Crippen LogP contribution is -2.41. The average Bonchev–Trinajstić information content (AvgIpc) is 2.30. The van der Waals surface area contributed by atoms with E-state index in [0.29, 0.717) is 6.61 Å². The Hall–Kier alpha value is -2.04. The zero-order chi connectivity index (χ0) is 13.5. The lowest BCUT2D eigenvalue weighted by Gasteiger charge is -2.13. The van der Waals surface area contributed by atoms with Crippen molar-refractivity contribution in [2.45, 2.75) is 26.3 Å². The smallest absolute Gasteiger partial charge is 0.326 e. The fraction of sp³-hybridized carbons (Fsp3) is 0.385. The van der Waals surface area contributed by atoms with Gasteiger partial charge in [0.1, 0.15) is 11.8 Å². The van der Waals surface area contributed by atoms with Crippen LogP contribution in [0.25, 0.3) is 0 Å². The van der Waals surface area contributed by atoms with E-state index in [1.54, 1.807) is 24.3 Å². The largest absolute Gasteiger partial charge is 0.494 e. The van der Waals surface area contributed by atoms with Crippen molar-refractivity contribution < 1.29 is 19.4 Å². The highest BCUT2D eigenvalue weighted by atomic mass is 16.5. The Labute approximate surface area is 106 Å². The van der Waals surface area contributed by atoms with Gasteiger partial charge < -0.3 is 15.2 Å². The fourth-order valence-electron chi connectivity index (χ4n) is 1.57. The van der Waals surface area contributed by atoms with Crippen LogP contribution < -0.4 is 10.1 Å². The minimum absolute atomic E-state index is 0.251. The maximum absolute atomic E-state index is 11.0. The van der Waals surface area contributed by atoms with Crippen LogP contribution in [0.15, 0.2) is 24.3 Å². The Morgan fingerprint density at radius 3 is 2.39 bits per heavy atom. The molecule has 0 aliphatic carbocycles. The van der Waals surface area contributed by atoms with Gasteiger partial charge in [-0.3, -0.25) is 4.79 Å². The topological polar surface area (TPSA) is 75.6 Å². The van der Waals surface area contributed by atoms with Gasteiger partial charge in [0.25, 0.3) is 0 Å². The maximum Gasteiger partial charge on any atom is 0.326 e. The van der Waals surface area contributed by atoms with E-state index in [0.717, 1.165) is 11.3 Å². The summed E-state index contributed by atoms with van der Waals surface area (Å²) >= 11 is 0. The number of carboxylic acid groups (broad SMARTS) is 1. The number of benzene rings is 1. The molecular weight excluding hydrogens is 234 g/mol. The highest BCUT2D eigenvalue weighted by Gasteiger charge is 2.18. The van der Waals surface area contributed by atoms with Gasteiger partial charge in [-0.2, -0.15) is 0 Å². The predicted octanol–water partition coefficient (Wildman–Crippen LogP) is 1.22. The van der Waals surface area contributed by atoms with Crippen LogP contribution in [0, 0.1) is 0 Å². The second-order valence-corrected chi connectivity index (χ2v) is 3.87. The normalized spacial score (nSPS) is 11.7. The van der Waals surface area contributed by atoms with Crippen LogP contribution in [0.5, 0.6) is 5.75 Å². The molecule has 98 valence electrons. The molecule has 0 aliphatic rings. The highest BCUT2D eigenvalue weighted by Crippen LogP contribution is 2.13. The van der Waals surface area contributed by atoms with Crippen molar-refractivity contribution in [1.29, 1.82) is 0 Å². The van der Waals surface area contributed by atoms with Crippen molar-refractivity contribution in [2.75, 3.05) is 6.61 Å². The molecular formula is C13H17NO4. The number of hydrogen-bond donors (Lipinski definition) is 2. The molecule has 2 N–H and O–H groups in total. The van der Waals surface area contributed by atoms with E-state index in [4.69, 9.17) is 9.84 Å². The quantitative estimate of drug-likeness (QED) is 0.797. The highest BCUT2D eigenvalue weighted by molar-refractivity contribution is 5.82. The van der Waals surface area contributed by atoms with Crippen LogP contribution in [-0.4, -0.2) is 29.6 Å². The van der Waals surface area contributed by atoms with Crippen LogP contribution in [0.1, 0.15) is 19.4 Å². The van der Waals surface area contributed by atoms with Crippen molar-refractivity contribution >= 4 is 11.9 Å². The predicted molar refractivity (Wildman–Crippen MR) is 66.6 cm³/mol. The number of amides is 1. The monoisotopic (exact) mass is 251 g/mol. The first-order chi connectivity index (χ1) is 8.52. The standard InChI is InChI=1S/C13H17NO4/c1-3-18-11-6-4-10(5-7-11)8-12(13(16)17)14-9(2)15/h4-7,12H,3,8H2,1-2H3,(H,14,15)(H,16,17)/t12-/m1/s1. The Kier molecular flexibility index (Phi) is 5.17. The summed E-state index contributed by atoms with van der Waals surface area (Å²) in [6.45, 7) is 3.78. The van der Waals surface area contributed by atoms with Crippen molar-refractivity contribution in [3.8, 4) is 5.75 Å². The molecule has 5 nitrogen and oxygen atoms in total. The van der Waals surface area contributed by atoms with Gasteiger partial charge in [-0.05, 0) is 24.6 Å². The summed E-state index contributed by atoms with van der Waals surface area (Å²) in [7, 11) is 0. The van der Waals surface area contributed by atoms with Gasteiger partial charge in [-0.15, -0.1) is 0 Å². The van der Waals surface area contributed by atoms with Crippen LogP contribution >= 0.6 is 0 Å². The summed E-state index contributed by atoms with van der Waals surface area (Å²) in [5.41, 5.74) is 0.833. The van der Waals surface area contributed by atoms with E-state index in [1.807, 2.05) is 6.92 Å². The molecule has 0 radical (unpaired) electrons. The molecule has 0 bridgehead atoms. The van der Waals surface area contributed by atoms with E-state index < -0.39 is 12.0 Å². The SMILES string of the molecule is CCOc1ccc(C[C@@H](NC(C)=O)C(=O)O)cc1. The summed E-state index contributed by atoms with van der Waals surface area (Å²) in [6.07, 6.45) is 0.251. The first-order valence-electron chi connectivity index (χ1n) is 5.74. The number of rotatable bonds is 6. The van der Waals surface area contributed by atoms with Gasteiger partial charge in [0.15, 0.2) is 0 Å². The van der Waals surface area contributed by atoms with Crippen LogP contribution in [0.4, 0.5) is 0 Å². The van der Waals surface area contributed by atoms with Gasteiger partial charge in [-0.25, -0.2) is 4.79 Å². The molecule has 1 aromatic rings. The number of carbonyl (C=O) groups is 2. The third kappa shape index (κ3) is 4.45. The molecule has 0 saturated carbocycles. The van der Waals surface area contributed by atoms with E-state index in [2.05, 4.69) is 5.32 Å². The molecule has 0 heterocycles. The summed E-state index contributed by atoms with van der Waals surface area (Å²) in [4.78, 5) is 21.9. The molecule has 0 fully saturated rings. The van der Waals surface area contributed by atoms with E-state index in [1.165, 1.54) is 6.92 Å². The number of carbonyl (C=O) groups excluding carboxylic acids is 1. The fourth-order valence-corrected chi connectivity index (χ4v) is 1.57. The van der Waals surface area contributed by atoms with Gasteiger partial charge in [-0.1, -0.05) is 12.1 Å². The Morgan fingerprint density at radius 2 is 1.94 bits per heavy atom. The van der Waals surface area contributed by atoms with Gasteiger partial charge >= 0.3 is 5.97 Å². The van der Waals surface area contributed by atoms with Gasteiger partial charge in [0.05, 0.1) is 6.61 Å². The second kappa shape index (κ2) is 6.64. The molecule has 0 aromatic heterocycles. The average molecular weight is 251 g/mol. The third-order valence-corrected chi connectivity index (χ3v) is 2.35. The molecule has 18 heavy (non-hydrogen) atoms. The zero-order valence-electron chi connectivity index (χ0n) is 10.5. The number of carboxylic acids is 1. The van der Waals surface area contributed by atoms with E-state index >= 15 is 0 Å². The third-order valence-electron chi connectivity index (χ3n) is 2.35. The molecule has 0 aliphatic heterocycles. The van der Waals surface area contributed by atoms with E-state index in [-0.39, 0.29) is 12.3 Å². The van der Waals surface area contributed by atoms with Crippen molar-refractivity contribution in [3.05, 3.63) is 29.8 Å². The Morgan fingerprint density at radius 1 is 1.33 bits per heavy atom. The zero-order valence-corrected chi connectivity index (χ0v) is 10.5. The summed E-state index contributed by atoms with van der Waals surface area (Å²) < 4.78 is 5.29. The van der Waals surface area contributed by atoms with Crippen LogP contribution in [-0.2, 0) is 16.0 Å². The summed E-state index contributed by atoms with van der Waals surface area (Å²) in [5, 5.41) is 11.4. The van der Waals surface area contributed by atoms with Crippen LogP contribution in [0.3, 0.4) is 0 Å². The number of aliphatic carboxylic acids is 1. The van der Waals surface area contributed by atoms with Crippen molar-refractivity contribution in [3.63, 3.8) is 0 Å². The van der Waals surface area contributed by atoms with E-state index in [9.17, 15) is 9.59 Å². The second-order valence-electron chi connectivity index (χ2n) is 3.87. The Balaban J connectivity index is 2.68.